The topological polar surface area (TPSA) is 77.0 Å². The van der Waals surface area contributed by atoms with Crippen LogP contribution >= 0.6 is 11.8 Å². The van der Waals surface area contributed by atoms with E-state index in [9.17, 15) is 9.59 Å². The molecule has 0 fully saturated rings. The Morgan fingerprint density at radius 1 is 1.43 bits per heavy atom. The number of Topliss-reactive ketones (excluding diaryl/α,β-unsaturated/α-hetero) is 1. The van der Waals surface area contributed by atoms with Gasteiger partial charge in [-0.2, -0.15) is 0 Å². The van der Waals surface area contributed by atoms with E-state index in [1.165, 1.54) is 18.9 Å². The highest BCUT2D eigenvalue weighted by molar-refractivity contribution is 7.99. The maximum Gasteiger partial charge on any atom is 0.343 e. The van der Waals surface area contributed by atoms with Crippen LogP contribution in [0, 0.1) is 0 Å². The van der Waals surface area contributed by atoms with Gasteiger partial charge in [0.15, 0.2) is 10.9 Å². The molecular weight excluding hydrogens is 290 g/mol. The molecule has 112 valence electrons. The van der Waals surface area contributed by atoms with Crippen LogP contribution in [0.5, 0.6) is 5.75 Å². The lowest BCUT2D eigenvalue weighted by Gasteiger charge is -2.07. The van der Waals surface area contributed by atoms with E-state index in [0.717, 1.165) is 6.42 Å². The zero-order chi connectivity index (χ0) is 15.2. The summed E-state index contributed by atoms with van der Waals surface area (Å²) in [6.07, 6.45) is 0.827. The van der Waals surface area contributed by atoms with Crippen molar-refractivity contribution in [1.29, 1.82) is 0 Å². The van der Waals surface area contributed by atoms with Crippen molar-refractivity contribution in [3.05, 3.63) is 40.3 Å². The Balaban J connectivity index is 2.09. The number of hydrogen-bond acceptors (Lipinski definition) is 5. The second-order valence-electron chi connectivity index (χ2n) is 4.38. The number of para-hydroxylation sites is 1. The van der Waals surface area contributed by atoms with E-state index in [0.29, 0.717) is 23.0 Å². The monoisotopic (exact) mass is 307 g/mol. The number of nitrogens with zero attached hydrogens (tertiary/aromatic N) is 2. The van der Waals surface area contributed by atoms with Crippen LogP contribution in [0.3, 0.4) is 0 Å². The van der Waals surface area contributed by atoms with Crippen LogP contribution in [0.2, 0.25) is 0 Å². The molecule has 1 N–H and O–H groups in total. The van der Waals surface area contributed by atoms with Gasteiger partial charge in [0, 0.05) is 6.54 Å². The largest absolute Gasteiger partial charge is 0.496 e. The van der Waals surface area contributed by atoms with E-state index < -0.39 is 0 Å². The number of aromatic nitrogens is 3. The molecule has 2 aromatic rings. The number of carbonyl (C=O) groups excluding carboxylic acids is 1. The number of hydrogen-bond donors (Lipinski definition) is 1. The molecule has 0 atom stereocenters. The summed E-state index contributed by atoms with van der Waals surface area (Å²) in [6.45, 7) is 2.56. The second kappa shape index (κ2) is 7.12. The van der Waals surface area contributed by atoms with Gasteiger partial charge in [-0.25, -0.2) is 9.89 Å². The first-order chi connectivity index (χ1) is 10.2. The predicted octanol–water partition coefficient (Wildman–Crippen LogP) is 1.96. The van der Waals surface area contributed by atoms with Gasteiger partial charge < -0.3 is 4.74 Å². The first-order valence-electron chi connectivity index (χ1n) is 6.61. The lowest BCUT2D eigenvalue weighted by atomic mass is 10.1. The summed E-state index contributed by atoms with van der Waals surface area (Å²) in [5.41, 5.74) is 0.288. The quantitative estimate of drug-likeness (QED) is 0.625. The Kier molecular flexibility index (Phi) is 5.21. The molecule has 6 nitrogen and oxygen atoms in total. The smallest absolute Gasteiger partial charge is 0.343 e. The van der Waals surface area contributed by atoms with Gasteiger partial charge in [0.2, 0.25) is 0 Å². The fourth-order valence-electron chi connectivity index (χ4n) is 1.92. The van der Waals surface area contributed by atoms with Crippen LogP contribution in [-0.4, -0.2) is 33.4 Å². The molecule has 1 aromatic carbocycles. The Morgan fingerprint density at radius 3 is 2.90 bits per heavy atom. The van der Waals surface area contributed by atoms with Crippen molar-refractivity contribution in [1.82, 2.24) is 14.8 Å². The Bertz CT molecular complexity index is 678. The number of benzene rings is 1. The van der Waals surface area contributed by atoms with Gasteiger partial charge >= 0.3 is 5.69 Å². The Labute approximate surface area is 126 Å². The van der Waals surface area contributed by atoms with Crippen LogP contribution in [0.4, 0.5) is 0 Å². The van der Waals surface area contributed by atoms with Gasteiger partial charge in [-0.3, -0.25) is 9.36 Å². The average molecular weight is 307 g/mol. The van der Waals surface area contributed by atoms with Crippen molar-refractivity contribution >= 4 is 17.5 Å². The molecular formula is C14H17N3O3S. The summed E-state index contributed by atoms with van der Waals surface area (Å²) < 4.78 is 6.72. The molecule has 2 rings (SSSR count). The van der Waals surface area contributed by atoms with Gasteiger partial charge in [0.1, 0.15) is 5.75 Å². The molecule has 0 spiro atoms. The van der Waals surface area contributed by atoms with Gasteiger partial charge in [-0.15, -0.1) is 5.10 Å². The third-order valence-corrected chi connectivity index (χ3v) is 3.89. The van der Waals surface area contributed by atoms with Crippen LogP contribution in [0.1, 0.15) is 23.7 Å². The zero-order valence-electron chi connectivity index (χ0n) is 12.0. The average Bonchev–Trinajstić information content (AvgIpc) is 2.86. The molecule has 1 aromatic heterocycles. The summed E-state index contributed by atoms with van der Waals surface area (Å²) in [7, 11) is 1.53. The third kappa shape index (κ3) is 3.55. The molecule has 1 heterocycles. The number of ketones is 1. The molecule has 0 unspecified atom stereocenters. The maximum atomic E-state index is 12.2. The van der Waals surface area contributed by atoms with E-state index in [4.69, 9.17) is 4.74 Å². The van der Waals surface area contributed by atoms with Crippen molar-refractivity contribution in [3.63, 3.8) is 0 Å². The summed E-state index contributed by atoms with van der Waals surface area (Å²) in [5, 5.41) is 6.89. The number of ether oxygens (including phenoxy) is 1. The number of aromatic amines is 1. The van der Waals surface area contributed by atoms with Crippen LogP contribution in [0.15, 0.2) is 34.2 Å². The number of carbonyl (C=O) groups is 1. The van der Waals surface area contributed by atoms with E-state index >= 15 is 0 Å². The van der Waals surface area contributed by atoms with Crippen molar-refractivity contribution in [2.75, 3.05) is 12.9 Å². The first kappa shape index (κ1) is 15.4. The van der Waals surface area contributed by atoms with Gasteiger partial charge in [-0.1, -0.05) is 30.8 Å². The normalized spacial score (nSPS) is 10.6. The van der Waals surface area contributed by atoms with Crippen LogP contribution in [-0.2, 0) is 6.54 Å². The highest BCUT2D eigenvalue weighted by Crippen LogP contribution is 2.21. The number of nitrogens with one attached hydrogen (secondary N) is 1. The first-order valence-corrected chi connectivity index (χ1v) is 7.60. The minimum Gasteiger partial charge on any atom is -0.496 e. The highest BCUT2D eigenvalue weighted by atomic mass is 32.2. The Morgan fingerprint density at radius 2 is 2.19 bits per heavy atom. The molecule has 0 saturated carbocycles. The number of methoxy groups -OCH3 is 1. The summed E-state index contributed by atoms with van der Waals surface area (Å²) in [5.74, 6) is 0.695. The summed E-state index contributed by atoms with van der Waals surface area (Å²) >= 11 is 1.25. The molecule has 0 aliphatic rings. The van der Waals surface area contributed by atoms with E-state index in [1.54, 1.807) is 22.8 Å². The molecule has 0 radical (unpaired) electrons. The second-order valence-corrected chi connectivity index (χ2v) is 5.32. The van der Waals surface area contributed by atoms with Gasteiger partial charge in [0.05, 0.1) is 18.4 Å². The predicted molar refractivity (Wildman–Crippen MR) is 81.2 cm³/mol. The molecule has 0 saturated heterocycles. The fourth-order valence-corrected chi connectivity index (χ4v) is 2.77. The summed E-state index contributed by atoms with van der Waals surface area (Å²) in [6, 6.07) is 7.09. The number of thioether (sulfide) groups is 1. The standard InChI is InChI=1S/C14H17N3O3S/c1-3-8-17-13(19)15-16-14(17)21-9-11(18)10-6-4-5-7-12(10)20-2/h4-7H,3,8-9H2,1-2H3,(H,15,19). The molecule has 21 heavy (non-hydrogen) atoms. The minimum atomic E-state index is -0.246. The SMILES string of the molecule is CCCn1c(SCC(=O)c2ccccc2OC)n[nH]c1=O. The van der Waals surface area contributed by atoms with Gasteiger partial charge in [-0.05, 0) is 18.6 Å². The van der Waals surface area contributed by atoms with Crippen molar-refractivity contribution in [3.8, 4) is 5.75 Å². The van der Waals surface area contributed by atoms with Crippen molar-refractivity contribution in [2.45, 2.75) is 25.0 Å². The summed E-state index contributed by atoms with van der Waals surface area (Å²) in [4.78, 5) is 23.8. The molecule has 0 amide bonds. The molecule has 0 aliphatic heterocycles. The van der Waals surface area contributed by atoms with E-state index in [1.807, 2.05) is 13.0 Å². The third-order valence-electron chi connectivity index (χ3n) is 2.91. The van der Waals surface area contributed by atoms with E-state index in [-0.39, 0.29) is 17.2 Å². The van der Waals surface area contributed by atoms with Crippen molar-refractivity contribution in [2.24, 2.45) is 0 Å². The molecule has 7 heteroatoms. The van der Waals surface area contributed by atoms with Crippen LogP contribution < -0.4 is 10.4 Å². The molecule has 0 aliphatic carbocycles. The lowest BCUT2D eigenvalue weighted by Crippen LogP contribution is -2.17. The lowest BCUT2D eigenvalue weighted by molar-refractivity contribution is 0.101. The maximum absolute atomic E-state index is 12.2. The van der Waals surface area contributed by atoms with Crippen molar-refractivity contribution < 1.29 is 9.53 Å². The highest BCUT2D eigenvalue weighted by Gasteiger charge is 2.14. The number of rotatable bonds is 7. The minimum absolute atomic E-state index is 0.0593. The fraction of sp³-hybridized carbons (Fsp3) is 0.357. The van der Waals surface area contributed by atoms with Crippen LogP contribution in [0.25, 0.3) is 0 Å². The number of H-pyrrole nitrogens is 1. The zero-order valence-corrected chi connectivity index (χ0v) is 12.8. The van der Waals surface area contributed by atoms with Gasteiger partial charge in [0.25, 0.3) is 0 Å². The van der Waals surface area contributed by atoms with E-state index in [2.05, 4.69) is 10.2 Å². The Hall–Kier alpha value is -2.02. The molecule has 0 bridgehead atoms.